The number of fused-ring (bicyclic) bond motifs is 1. The van der Waals surface area contributed by atoms with Crippen molar-refractivity contribution in [2.75, 3.05) is 11.9 Å². The number of esters is 1. The molecule has 0 fully saturated rings. The number of carbonyl (C=O) groups is 2. The first kappa shape index (κ1) is 22.9. The van der Waals surface area contributed by atoms with E-state index >= 15 is 0 Å². The van der Waals surface area contributed by atoms with Crippen LogP contribution >= 0.6 is 0 Å². The van der Waals surface area contributed by atoms with Crippen LogP contribution in [0.4, 0.5) is 19.4 Å². The summed E-state index contributed by atoms with van der Waals surface area (Å²) in [5.74, 6) is -3.21. The molecule has 0 saturated heterocycles. The number of nitrogens with zero attached hydrogens (tertiary/aromatic N) is 2. The second kappa shape index (κ2) is 8.74. The Hall–Kier alpha value is -3.82. The van der Waals surface area contributed by atoms with Crippen LogP contribution in [0.1, 0.15) is 38.1 Å². The predicted molar refractivity (Wildman–Crippen MR) is 113 cm³/mol. The maximum absolute atomic E-state index is 14.0. The molecular weight excluding hydrogens is 424 g/mol. The van der Waals surface area contributed by atoms with Crippen LogP contribution in [0.25, 0.3) is 16.6 Å². The summed E-state index contributed by atoms with van der Waals surface area (Å²) in [6, 6.07) is 4.50. The summed E-state index contributed by atoms with van der Waals surface area (Å²) in [7, 11) is 0. The molecule has 32 heavy (non-hydrogen) atoms. The summed E-state index contributed by atoms with van der Waals surface area (Å²) < 4.78 is 39.3. The lowest BCUT2D eigenvalue weighted by atomic mass is 10.1. The van der Waals surface area contributed by atoms with Crippen LogP contribution in [-0.4, -0.2) is 33.8 Å². The van der Waals surface area contributed by atoms with E-state index in [2.05, 4.69) is 10.3 Å². The lowest BCUT2D eigenvalue weighted by molar-refractivity contribution is 0.0523. The van der Waals surface area contributed by atoms with Crippen LogP contribution in [0.5, 0.6) is 0 Å². The van der Waals surface area contributed by atoms with Crippen LogP contribution in [0.2, 0.25) is 0 Å². The Bertz CT molecular complexity index is 1260. The fourth-order valence-corrected chi connectivity index (χ4v) is 2.93. The number of rotatable bonds is 4. The van der Waals surface area contributed by atoms with Gasteiger partial charge in [-0.25, -0.2) is 23.4 Å². The van der Waals surface area contributed by atoms with Gasteiger partial charge in [0.2, 0.25) is 5.43 Å². The molecule has 0 aliphatic rings. The third kappa shape index (κ3) is 4.90. The van der Waals surface area contributed by atoms with Gasteiger partial charge in [-0.1, -0.05) is 0 Å². The average molecular weight is 445 g/mol. The summed E-state index contributed by atoms with van der Waals surface area (Å²) >= 11 is 0. The van der Waals surface area contributed by atoms with Gasteiger partial charge in [0.15, 0.2) is 11.6 Å². The van der Waals surface area contributed by atoms with E-state index in [9.17, 15) is 23.2 Å². The van der Waals surface area contributed by atoms with E-state index in [4.69, 9.17) is 9.47 Å². The predicted octanol–water partition coefficient (Wildman–Crippen LogP) is 4.19. The lowest BCUT2D eigenvalue weighted by Crippen LogP contribution is -2.27. The number of ether oxygens (including phenoxy) is 2. The number of amides is 1. The van der Waals surface area contributed by atoms with E-state index in [-0.39, 0.29) is 28.9 Å². The van der Waals surface area contributed by atoms with E-state index in [0.717, 1.165) is 12.1 Å². The van der Waals surface area contributed by atoms with Crippen LogP contribution in [-0.2, 0) is 9.47 Å². The summed E-state index contributed by atoms with van der Waals surface area (Å²) in [6.07, 6.45) is 1.79. The van der Waals surface area contributed by atoms with Gasteiger partial charge >= 0.3 is 12.1 Å². The maximum Gasteiger partial charge on any atom is 0.413 e. The Morgan fingerprint density at radius 1 is 1.16 bits per heavy atom. The van der Waals surface area contributed by atoms with Crippen molar-refractivity contribution in [1.29, 1.82) is 0 Å². The summed E-state index contributed by atoms with van der Waals surface area (Å²) in [4.78, 5) is 41.1. The third-order valence-electron chi connectivity index (χ3n) is 4.19. The highest BCUT2D eigenvalue weighted by molar-refractivity contribution is 5.94. The van der Waals surface area contributed by atoms with Crippen molar-refractivity contribution in [3.8, 4) is 5.69 Å². The van der Waals surface area contributed by atoms with Crippen molar-refractivity contribution < 1.29 is 27.8 Å². The minimum Gasteiger partial charge on any atom is -0.462 e. The number of hydrogen-bond acceptors (Lipinski definition) is 6. The highest BCUT2D eigenvalue weighted by Crippen LogP contribution is 2.22. The van der Waals surface area contributed by atoms with Gasteiger partial charge in [0.25, 0.3) is 0 Å². The lowest BCUT2D eigenvalue weighted by Gasteiger charge is -2.19. The van der Waals surface area contributed by atoms with Gasteiger partial charge in [-0.05, 0) is 39.8 Å². The number of pyridine rings is 2. The second-order valence-electron chi connectivity index (χ2n) is 7.77. The van der Waals surface area contributed by atoms with Gasteiger partial charge < -0.3 is 14.0 Å². The first-order valence-corrected chi connectivity index (χ1v) is 9.68. The molecule has 1 aromatic carbocycles. The molecule has 0 aliphatic carbocycles. The maximum atomic E-state index is 14.0. The van der Waals surface area contributed by atoms with Gasteiger partial charge in [-0.15, -0.1) is 0 Å². The van der Waals surface area contributed by atoms with Gasteiger partial charge in [-0.2, -0.15) is 0 Å². The minimum atomic E-state index is -1.23. The standard InChI is InChI=1S/C22H21F2N3O5/c1-5-31-20(29)14-11-27(17-10-16(24)15(23)9-13(17)19(14)28)12-6-7-25-18(8-12)26-21(30)32-22(2,3)4/h6-11H,5H2,1-4H3,(H,25,26,30). The van der Waals surface area contributed by atoms with Crippen LogP contribution in [0.3, 0.4) is 0 Å². The van der Waals surface area contributed by atoms with Crippen molar-refractivity contribution in [3.63, 3.8) is 0 Å². The Kier molecular flexibility index (Phi) is 6.24. The molecule has 0 bridgehead atoms. The number of aromatic nitrogens is 2. The third-order valence-corrected chi connectivity index (χ3v) is 4.19. The van der Waals surface area contributed by atoms with Crippen molar-refractivity contribution in [1.82, 2.24) is 9.55 Å². The highest BCUT2D eigenvalue weighted by atomic mass is 19.2. The molecule has 0 radical (unpaired) electrons. The Labute approximate surface area is 181 Å². The number of halogens is 2. The molecular formula is C22H21F2N3O5. The van der Waals surface area contributed by atoms with Gasteiger partial charge in [0.05, 0.1) is 23.2 Å². The van der Waals surface area contributed by atoms with E-state index in [1.807, 2.05) is 0 Å². The SMILES string of the molecule is CCOC(=O)c1cn(-c2ccnc(NC(=O)OC(C)(C)C)c2)c2cc(F)c(F)cc2c1=O. The molecule has 2 heterocycles. The smallest absolute Gasteiger partial charge is 0.413 e. The largest absolute Gasteiger partial charge is 0.462 e. The number of anilines is 1. The molecule has 2 aromatic heterocycles. The molecule has 1 N–H and O–H groups in total. The number of carbonyl (C=O) groups excluding carboxylic acids is 2. The monoisotopic (exact) mass is 445 g/mol. The molecule has 0 saturated carbocycles. The van der Waals surface area contributed by atoms with Gasteiger partial charge in [0.1, 0.15) is 17.0 Å². The van der Waals surface area contributed by atoms with Crippen LogP contribution < -0.4 is 10.7 Å². The molecule has 3 rings (SSSR count). The molecule has 0 spiro atoms. The Morgan fingerprint density at radius 3 is 2.50 bits per heavy atom. The average Bonchev–Trinajstić information content (AvgIpc) is 2.68. The first-order valence-electron chi connectivity index (χ1n) is 9.68. The molecule has 0 aliphatic heterocycles. The molecule has 0 unspecified atom stereocenters. The zero-order valence-electron chi connectivity index (χ0n) is 17.9. The molecule has 0 atom stereocenters. The zero-order chi connectivity index (χ0) is 23.6. The Morgan fingerprint density at radius 2 is 1.84 bits per heavy atom. The van der Waals surface area contributed by atoms with Crippen LogP contribution in [0, 0.1) is 11.6 Å². The molecule has 168 valence electrons. The normalized spacial score (nSPS) is 11.3. The number of nitrogens with one attached hydrogen (secondary N) is 1. The summed E-state index contributed by atoms with van der Waals surface area (Å²) in [5, 5.41) is 2.26. The van der Waals surface area contributed by atoms with Crippen molar-refractivity contribution in [2.24, 2.45) is 0 Å². The number of hydrogen-bond donors (Lipinski definition) is 1. The fraction of sp³-hybridized carbons (Fsp3) is 0.273. The zero-order valence-corrected chi connectivity index (χ0v) is 17.9. The van der Waals surface area contributed by atoms with E-state index in [1.54, 1.807) is 27.7 Å². The van der Waals surface area contributed by atoms with Gasteiger partial charge in [-0.3, -0.25) is 10.1 Å². The fourth-order valence-electron chi connectivity index (χ4n) is 2.93. The quantitative estimate of drug-likeness (QED) is 0.605. The van der Waals surface area contributed by atoms with Crippen molar-refractivity contribution in [2.45, 2.75) is 33.3 Å². The molecule has 8 nitrogen and oxygen atoms in total. The summed E-state index contributed by atoms with van der Waals surface area (Å²) in [5.41, 5.74) is -1.56. The summed E-state index contributed by atoms with van der Waals surface area (Å²) in [6.45, 7) is 6.70. The van der Waals surface area contributed by atoms with Gasteiger partial charge in [0, 0.05) is 24.5 Å². The number of benzene rings is 1. The topological polar surface area (TPSA) is 99.5 Å². The first-order chi connectivity index (χ1) is 15.0. The van der Waals surface area contributed by atoms with Crippen molar-refractivity contribution in [3.05, 3.63) is 64.1 Å². The van der Waals surface area contributed by atoms with E-state index in [1.165, 1.54) is 29.1 Å². The molecule has 3 aromatic rings. The van der Waals surface area contributed by atoms with E-state index < -0.39 is 34.7 Å². The van der Waals surface area contributed by atoms with Crippen molar-refractivity contribution >= 4 is 28.8 Å². The van der Waals surface area contributed by atoms with Crippen LogP contribution in [0.15, 0.2) is 41.5 Å². The Balaban J connectivity index is 2.16. The van der Waals surface area contributed by atoms with E-state index in [0.29, 0.717) is 5.69 Å². The second-order valence-corrected chi connectivity index (χ2v) is 7.77. The molecule has 1 amide bonds. The molecule has 10 heteroatoms. The minimum absolute atomic E-state index is 0.0105. The highest BCUT2D eigenvalue weighted by Gasteiger charge is 2.20.